The average Bonchev–Trinajstić information content (AvgIpc) is 3.11. The number of benzene rings is 2. The molecule has 6 rings (SSSR count). The van der Waals surface area contributed by atoms with Gasteiger partial charge in [-0.3, -0.25) is 4.90 Å². The van der Waals surface area contributed by atoms with Gasteiger partial charge in [0.25, 0.3) is 0 Å². The monoisotopic (exact) mass is 535 g/mol. The van der Waals surface area contributed by atoms with Crippen LogP contribution in [0.2, 0.25) is 10.3 Å². The largest absolute Gasteiger partial charge is 0.444 e. The molecular weight excluding hydrogens is 509 g/mol. The molecule has 2 aromatic heterocycles. The van der Waals surface area contributed by atoms with E-state index in [1.807, 2.05) is 74.2 Å². The van der Waals surface area contributed by atoms with Crippen LogP contribution in [0.1, 0.15) is 33.6 Å². The van der Waals surface area contributed by atoms with Crippen molar-refractivity contribution in [2.24, 2.45) is 0 Å². The lowest BCUT2D eigenvalue weighted by Crippen LogP contribution is -2.57. The fraction of sp³-hybridized carbons (Fsp3) is 0.357. The van der Waals surface area contributed by atoms with Crippen molar-refractivity contribution in [3.05, 3.63) is 58.8 Å². The van der Waals surface area contributed by atoms with Gasteiger partial charge in [0.15, 0.2) is 5.65 Å². The number of ether oxygens (including phenoxy) is 1. The Morgan fingerprint density at radius 3 is 2.35 bits per heavy atom. The van der Waals surface area contributed by atoms with Gasteiger partial charge < -0.3 is 9.64 Å². The molecule has 2 saturated heterocycles. The first-order chi connectivity index (χ1) is 17.7. The van der Waals surface area contributed by atoms with Crippen molar-refractivity contribution in [2.45, 2.75) is 51.3 Å². The number of aromatic nitrogens is 3. The SMILES string of the molecule is CC(C)(C)OC(=O)N1[C@@H]2CC[C@H]1CN(c1nc(Cl)nc3nc(-c4cccc5cccc(Cl)c45)ccc13)C2. The van der Waals surface area contributed by atoms with E-state index in [9.17, 15) is 4.79 Å². The van der Waals surface area contributed by atoms with Crippen LogP contribution in [-0.2, 0) is 4.74 Å². The highest BCUT2D eigenvalue weighted by Crippen LogP contribution is 2.37. The number of hydrogen-bond acceptors (Lipinski definition) is 6. The minimum Gasteiger partial charge on any atom is -0.444 e. The van der Waals surface area contributed by atoms with Crippen molar-refractivity contribution in [3.63, 3.8) is 0 Å². The van der Waals surface area contributed by atoms with Gasteiger partial charge in [-0.1, -0.05) is 41.9 Å². The van der Waals surface area contributed by atoms with E-state index in [2.05, 4.69) is 14.9 Å². The summed E-state index contributed by atoms with van der Waals surface area (Å²) in [5.74, 6) is 0.741. The summed E-state index contributed by atoms with van der Waals surface area (Å²) in [5.41, 5.74) is 1.70. The van der Waals surface area contributed by atoms with Gasteiger partial charge in [0, 0.05) is 29.1 Å². The van der Waals surface area contributed by atoms with E-state index in [0.29, 0.717) is 23.8 Å². The summed E-state index contributed by atoms with van der Waals surface area (Å²) >= 11 is 13.0. The normalized spacial score (nSPS) is 19.6. The number of carbonyl (C=O) groups is 1. The molecule has 190 valence electrons. The van der Waals surface area contributed by atoms with E-state index in [0.717, 1.165) is 46.1 Å². The van der Waals surface area contributed by atoms with Crippen LogP contribution >= 0.6 is 23.2 Å². The third-order valence-electron chi connectivity index (χ3n) is 7.03. The zero-order chi connectivity index (χ0) is 25.9. The average molecular weight is 536 g/mol. The predicted molar refractivity (Wildman–Crippen MR) is 147 cm³/mol. The number of pyridine rings is 1. The molecule has 0 spiro atoms. The molecule has 7 nitrogen and oxygen atoms in total. The maximum Gasteiger partial charge on any atom is 0.410 e. The molecule has 0 saturated carbocycles. The molecule has 2 aliphatic heterocycles. The third-order valence-corrected chi connectivity index (χ3v) is 7.51. The van der Waals surface area contributed by atoms with E-state index >= 15 is 0 Å². The van der Waals surface area contributed by atoms with Crippen molar-refractivity contribution in [2.75, 3.05) is 18.0 Å². The van der Waals surface area contributed by atoms with Crippen LogP contribution in [0.5, 0.6) is 0 Å². The molecule has 1 amide bonds. The van der Waals surface area contributed by atoms with Crippen molar-refractivity contribution in [3.8, 4) is 11.3 Å². The highest BCUT2D eigenvalue weighted by atomic mass is 35.5. The van der Waals surface area contributed by atoms with Crippen molar-refractivity contribution in [1.29, 1.82) is 0 Å². The summed E-state index contributed by atoms with van der Waals surface area (Å²) in [6, 6.07) is 16.0. The molecule has 0 aliphatic carbocycles. The maximum atomic E-state index is 12.9. The van der Waals surface area contributed by atoms with Crippen LogP contribution in [0.4, 0.5) is 10.6 Å². The predicted octanol–water partition coefficient (Wildman–Crippen LogP) is 6.74. The number of carbonyl (C=O) groups excluding carboxylic acids is 1. The Kier molecular flexibility index (Phi) is 5.88. The van der Waals surface area contributed by atoms with Gasteiger partial charge in [-0.2, -0.15) is 9.97 Å². The second kappa shape index (κ2) is 8.99. The van der Waals surface area contributed by atoms with Crippen LogP contribution in [0.15, 0.2) is 48.5 Å². The Bertz CT molecular complexity index is 1520. The van der Waals surface area contributed by atoms with Gasteiger partial charge in [0.1, 0.15) is 11.4 Å². The maximum absolute atomic E-state index is 12.9. The van der Waals surface area contributed by atoms with Crippen LogP contribution < -0.4 is 4.90 Å². The highest BCUT2D eigenvalue weighted by Gasteiger charge is 2.45. The molecule has 0 radical (unpaired) electrons. The smallest absolute Gasteiger partial charge is 0.410 e. The second-order valence-corrected chi connectivity index (χ2v) is 11.5. The van der Waals surface area contributed by atoms with Crippen LogP contribution in [0.3, 0.4) is 0 Å². The molecule has 4 aromatic rings. The van der Waals surface area contributed by atoms with Crippen molar-refractivity contribution in [1.82, 2.24) is 19.9 Å². The van der Waals surface area contributed by atoms with E-state index in [1.54, 1.807) is 0 Å². The summed E-state index contributed by atoms with van der Waals surface area (Å²) in [6.07, 6.45) is 1.62. The summed E-state index contributed by atoms with van der Waals surface area (Å²) < 4.78 is 5.68. The van der Waals surface area contributed by atoms with Crippen LogP contribution in [0, 0.1) is 0 Å². The molecule has 2 aromatic carbocycles. The lowest BCUT2D eigenvalue weighted by atomic mass is 10.0. The van der Waals surface area contributed by atoms with Gasteiger partial charge in [0.05, 0.1) is 23.2 Å². The van der Waals surface area contributed by atoms with Gasteiger partial charge in [-0.15, -0.1) is 0 Å². The van der Waals surface area contributed by atoms with Crippen LogP contribution in [0.25, 0.3) is 33.1 Å². The first-order valence-corrected chi connectivity index (χ1v) is 13.2. The summed E-state index contributed by atoms with van der Waals surface area (Å²) in [4.78, 5) is 30.9. The number of hydrogen-bond donors (Lipinski definition) is 0. The zero-order valence-corrected chi connectivity index (χ0v) is 22.4. The Hall–Kier alpha value is -3.16. The standard InChI is InChI=1S/C28H27Cl2N5O2/c1-28(2,3)37-27(36)35-17-10-11-18(35)15-34(14-17)25-20-12-13-22(31-24(20)32-26(30)33-25)19-8-4-6-16-7-5-9-21(29)23(16)19/h4-9,12-13,17-18H,10-11,14-15H2,1-3H3/t17-,18+. The molecule has 0 N–H and O–H groups in total. The molecule has 0 unspecified atom stereocenters. The van der Waals surface area contributed by atoms with Gasteiger partial charge >= 0.3 is 6.09 Å². The van der Waals surface area contributed by atoms with Crippen LogP contribution in [-0.4, -0.2) is 56.7 Å². The first kappa shape index (κ1) is 24.2. The first-order valence-electron chi connectivity index (χ1n) is 12.5. The molecule has 9 heteroatoms. The number of amides is 1. The molecule has 4 heterocycles. The minimum absolute atomic E-state index is 0.0578. The van der Waals surface area contributed by atoms with Gasteiger partial charge in [0.2, 0.25) is 5.28 Å². The van der Waals surface area contributed by atoms with Crippen molar-refractivity contribution < 1.29 is 9.53 Å². The number of fused-ring (bicyclic) bond motifs is 4. The van der Waals surface area contributed by atoms with Gasteiger partial charge in [-0.05, 0) is 68.8 Å². The zero-order valence-electron chi connectivity index (χ0n) is 20.9. The Labute approximate surface area is 225 Å². The number of nitrogens with zero attached hydrogens (tertiary/aromatic N) is 5. The second-order valence-electron chi connectivity index (χ2n) is 10.7. The summed E-state index contributed by atoms with van der Waals surface area (Å²) in [6.45, 7) is 6.99. The van der Waals surface area contributed by atoms with E-state index in [1.165, 1.54) is 0 Å². The minimum atomic E-state index is -0.526. The molecule has 2 atom stereocenters. The van der Waals surface area contributed by atoms with E-state index in [4.69, 9.17) is 32.9 Å². The molecule has 2 aliphatic rings. The topological polar surface area (TPSA) is 71.5 Å². The molecular formula is C28H27Cl2N5O2. The Morgan fingerprint density at radius 2 is 1.65 bits per heavy atom. The fourth-order valence-corrected chi connectivity index (χ4v) is 6.00. The Morgan fingerprint density at radius 1 is 0.946 bits per heavy atom. The van der Waals surface area contributed by atoms with E-state index in [-0.39, 0.29) is 23.5 Å². The third kappa shape index (κ3) is 4.44. The number of halogens is 2. The number of rotatable bonds is 2. The quantitative estimate of drug-likeness (QED) is 0.264. The summed E-state index contributed by atoms with van der Waals surface area (Å²) in [5, 5.41) is 3.64. The lowest BCUT2D eigenvalue weighted by molar-refractivity contribution is 0.0123. The lowest BCUT2D eigenvalue weighted by Gasteiger charge is -2.42. The fourth-order valence-electron chi connectivity index (χ4n) is 5.56. The molecule has 2 bridgehead atoms. The highest BCUT2D eigenvalue weighted by molar-refractivity contribution is 6.36. The van der Waals surface area contributed by atoms with Gasteiger partial charge in [-0.25, -0.2) is 9.78 Å². The van der Waals surface area contributed by atoms with E-state index < -0.39 is 5.60 Å². The molecule has 2 fully saturated rings. The number of piperazine rings is 1. The Balaban J connectivity index is 1.36. The molecule has 37 heavy (non-hydrogen) atoms. The number of anilines is 1. The summed E-state index contributed by atoms with van der Waals surface area (Å²) in [7, 11) is 0. The van der Waals surface area contributed by atoms with Crippen molar-refractivity contribution >= 4 is 56.9 Å².